The van der Waals surface area contributed by atoms with Crippen molar-refractivity contribution in [3.63, 3.8) is 0 Å². The molecule has 6 nitrogen and oxygen atoms in total. The van der Waals surface area contributed by atoms with Crippen LogP contribution in [0.1, 0.15) is 42.9 Å². The van der Waals surface area contributed by atoms with Crippen molar-refractivity contribution in [3.8, 4) is 5.75 Å². The third-order valence-corrected chi connectivity index (χ3v) is 4.98. The molecule has 2 aromatic carbocycles. The number of rotatable bonds is 8. The van der Waals surface area contributed by atoms with Crippen molar-refractivity contribution in [3.05, 3.63) is 65.7 Å². The predicted octanol–water partition coefficient (Wildman–Crippen LogP) is 3.74. The molecule has 0 saturated heterocycles. The number of imide groups is 1. The van der Waals surface area contributed by atoms with Gasteiger partial charge in [0.15, 0.2) is 0 Å². The number of hydrogen-bond acceptors (Lipinski definition) is 4. The van der Waals surface area contributed by atoms with Gasteiger partial charge in [-0.15, -0.1) is 0 Å². The molecular formula is C22H25F2N3O3. The van der Waals surface area contributed by atoms with Crippen LogP contribution >= 0.6 is 0 Å². The number of amides is 3. The van der Waals surface area contributed by atoms with Gasteiger partial charge in [-0.25, -0.2) is 4.79 Å². The van der Waals surface area contributed by atoms with Crippen LogP contribution in [0.2, 0.25) is 0 Å². The van der Waals surface area contributed by atoms with Gasteiger partial charge in [-0.3, -0.25) is 15.4 Å². The van der Waals surface area contributed by atoms with Gasteiger partial charge in [0.1, 0.15) is 5.75 Å². The van der Waals surface area contributed by atoms with Gasteiger partial charge in [-0.1, -0.05) is 55.3 Å². The van der Waals surface area contributed by atoms with Gasteiger partial charge in [-0.2, -0.15) is 8.78 Å². The quantitative estimate of drug-likeness (QED) is 0.612. The van der Waals surface area contributed by atoms with Crippen LogP contribution in [-0.2, 0) is 4.79 Å². The summed E-state index contributed by atoms with van der Waals surface area (Å²) in [6.45, 7) is -2.98. The predicted molar refractivity (Wildman–Crippen MR) is 108 cm³/mol. The Morgan fingerprint density at radius 2 is 1.60 bits per heavy atom. The fraction of sp³-hybridized carbons (Fsp3) is 0.364. The molecule has 1 aliphatic carbocycles. The summed E-state index contributed by atoms with van der Waals surface area (Å²) in [7, 11) is 0. The molecule has 0 spiro atoms. The molecule has 0 bridgehead atoms. The van der Waals surface area contributed by atoms with Gasteiger partial charge in [-0.05, 0) is 36.1 Å². The second kappa shape index (κ2) is 10.7. The first-order valence-electron chi connectivity index (χ1n) is 9.94. The first kappa shape index (κ1) is 21.7. The average Bonchev–Trinajstić information content (AvgIpc) is 3.22. The van der Waals surface area contributed by atoms with E-state index in [1.165, 1.54) is 12.1 Å². The molecule has 0 aliphatic heterocycles. The number of benzene rings is 2. The van der Waals surface area contributed by atoms with E-state index in [0.29, 0.717) is 0 Å². The summed E-state index contributed by atoms with van der Waals surface area (Å²) in [5, 5.41) is 8.28. The zero-order valence-corrected chi connectivity index (χ0v) is 16.4. The molecule has 0 radical (unpaired) electrons. The van der Waals surface area contributed by atoms with Crippen molar-refractivity contribution in [1.29, 1.82) is 0 Å². The molecule has 1 atom stereocenters. The van der Waals surface area contributed by atoms with Crippen molar-refractivity contribution >= 4 is 11.9 Å². The Morgan fingerprint density at radius 3 is 2.23 bits per heavy atom. The number of alkyl halides is 2. The summed E-state index contributed by atoms with van der Waals surface area (Å²) in [5.74, 6) is -0.397. The molecule has 2 aromatic rings. The van der Waals surface area contributed by atoms with E-state index in [2.05, 4.69) is 20.7 Å². The molecule has 1 fully saturated rings. The van der Waals surface area contributed by atoms with Crippen LogP contribution in [0, 0.1) is 0 Å². The summed E-state index contributed by atoms with van der Waals surface area (Å²) >= 11 is 0. The minimum absolute atomic E-state index is 0.0573. The van der Waals surface area contributed by atoms with Crippen LogP contribution in [0.15, 0.2) is 54.6 Å². The van der Waals surface area contributed by atoms with E-state index in [1.54, 1.807) is 12.1 Å². The summed E-state index contributed by atoms with van der Waals surface area (Å²) in [6.07, 6.45) is 4.03. The molecule has 3 N–H and O–H groups in total. The lowest BCUT2D eigenvalue weighted by atomic mass is 9.98. The Hall–Kier alpha value is -3.00. The van der Waals surface area contributed by atoms with E-state index in [9.17, 15) is 18.4 Å². The van der Waals surface area contributed by atoms with Crippen molar-refractivity contribution < 1.29 is 23.1 Å². The molecule has 30 heavy (non-hydrogen) atoms. The second-order valence-electron chi connectivity index (χ2n) is 7.18. The Morgan fingerprint density at radius 1 is 0.967 bits per heavy atom. The first-order valence-corrected chi connectivity index (χ1v) is 9.94. The van der Waals surface area contributed by atoms with Gasteiger partial charge in [0, 0.05) is 6.04 Å². The smallest absolute Gasteiger partial charge is 0.387 e. The third kappa shape index (κ3) is 6.52. The van der Waals surface area contributed by atoms with Crippen LogP contribution < -0.4 is 20.7 Å². The maximum absolute atomic E-state index is 12.4. The van der Waals surface area contributed by atoms with Crippen LogP contribution in [-0.4, -0.2) is 31.1 Å². The van der Waals surface area contributed by atoms with Gasteiger partial charge < -0.3 is 10.1 Å². The zero-order valence-electron chi connectivity index (χ0n) is 16.4. The summed E-state index contributed by atoms with van der Waals surface area (Å²) < 4.78 is 29.1. The minimum atomic E-state index is -2.89. The number of carbonyl (C=O) groups excluding carboxylic acids is 2. The van der Waals surface area contributed by atoms with Gasteiger partial charge in [0.05, 0.1) is 12.6 Å². The van der Waals surface area contributed by atoms with E-state index in [1.807, 2.05) is 30.3 Å². The Balaban J connectivity index is 1.61. The molecule has 3 amide bonds. The fourth-order valence-corrected chi connectivity index (χ4v) is 3.57. The minimum Gasteiger partial charge on any atom is -0.435 e. The molecular weight excluding hydrogens is 392 g/mol. The lowest BCUT2D eigenvalue weighted by Crippen LogP contribution is -2.46. The van der Waals surface area contributed by atoms with Crippen LogP contribution in [0.5, 0.6) is 5.75 Å². The van der Waals surface area contributed by atoms with Crippen LogP contribution in [0.4, 0.5) is 13.6 Å². The summed E-state index contributed by atoms with van der Waals surface area (Å²) in [6, 6.07) is 14.9. The van der Waals surface area contributed by atoms with Crippen molar-refractivity contribution in [1.82, 2.24) is 16.0 Å². The average molecular weight is 417 g/mol. The number of carbonyl (C=O) groups is 2. The standard InChI is InChI=1S/C22H25F2N3O3/c23-21(24)30-18-12-10-16(11-13-18)20(15-6-2-1-3-7-15)25-14-19(28)27-22(29)26-17-8-4-5-9-17/h1-3,6-7,10-13,17,20-21,25H,4-5,8-9,14H2,(H2,26,27,28,29)/t20-/m1/s1. The highest BCUT2D eigenvalue weighted by Crippen LogP contribution is 2.24. The highest BCUT2D eigenvalue weighted by molar-refractivity contribution is 5.95. The molecule has 1 saturated carbocycles. The van der Waals surface area contributed by atoms with Crippen LogP contribution in [0.25, 0.3) is 0 Å². The van der Waals surface area contributed by atoms with Crippen LogP contribution in [0.3, 0.4) is 0 Å². The van der Waals surface area contributed by atoms with Crippen molar-refractivity contribution in [2.75, 3.05) is 6.54 Å². The number of urea groups is 1. The maximum Gasteiger partial charge on any atom is 0.387 e. The van der Waals surface area contributed by atoms with E-state index in [-0.39, 0.29) is 24.4 Å². The number of halogens is 2. The van der Waals surface area contributed by atoms with E-state index >= 15 is 0 Å². The second-order valence-corrected chi connectivity index (χ2v) is 7.18. The molecule has 0 unspecified atom stereocenters. The van der Waals surface area contributed by atoms with Gasteiger partial charge in [0.25, 0.3) is 0 Å². The molecule has 0 heterocycles. The lowest BCUT2D eigenvalue weighted by molar-refractivity contribution is -0.119. The maximum atomic E-state index is 12.4. The normalized spacial score (nSPS) is 15.0. The zero-order chi connectivity index (χ0) is 21.3. The molecule has 160 valence electrons. The van der Waals surface area contributed by atoms with Crippen molar-refractivity contribution in [2.45, 2.75) is 44.4 Å². The topological polar surface area (TPSA) is 79.5 Å². The molecule has 0 aromatic heterocycles. The SMILES string of the molecule is O=C(CN[C@H](c1ccccc1)c1ccc(OC(F)F)cc1)NC(=O)NC1CCCC1. The summed E-state index contributed by atoms with van der Waals surface area (Å²) in [4.78, 5) is 24.2. The van der Waals surface area contributed by atoms with E-state index < -0.39 is 18.5 Å². The van der Waals surface area contributed by atoms with Gasteiger partial charge >= 0.3 is 12.6 Å². The lowest BCUT2D eigenvalue weighted by Gasteiger charge is -2.20. The molecule has 8 heteroatoms. The number of ether oxygens (including phenoxy) is 1. The van der Waals surface area contributed by atoms with E-state index in [0.717, 1.165) is 36.8 Å². The van der Waals surface area contributed by atoms with E-state index in [4.69, 9.17) is 0 Å². The summed E-state index contributed by atoms with van der Waals surface area (Å²) in [5.41, 5.74) is 1.66. The van der Waals surface area contributed by atoms with Gasteiger partial charge in [0.2, 0.25) is 5.91 Å². The Kier molecular flexibility index (Phi) is 7.73. The highest BCUT2D eigenvalue weighted by Gasteiger charge is 2.19. The monoisotopic (exact) mass is 417 g/mol. The Bertz CT molecular complexity index is 825. The molecule has 3 rings (SSSR count). The number of hydrogen-bond donors (Lipinski definition) is 3. The molecule has 1 aliphatic rings. The van der Waals surface area contributed by atoms with Crippen molar-refractivity contribution in [2.24, 2.45) is 0 Å². The fourth-order valence-electron chi connectivity index (χ4n) is 3.57. The Labute approximate surface area is 174 Å². The number of nitrogens with one attached hydrogen (secondary N) is 3. The third-order valence-electron chi connectivity index (χ3n) is 4.98. The largest absolute Gasteiger partial charge is 0.435 e. The highest BCUT2D eigenvalue weighted by atomic mass is 19.3. The first-order chi connectivity index (χ1) is 14.5.